The topological polar surface area (TPSA) is 90.0 Å². The van der Waals surface area contributed by atoms with Gasteiger partial charge in [0.15, 0.2) is 0 Å². The fraction of sp³-hybridized carbons (Fsp3) is 0.105. The van der Waals surface area contributed by atoms with E-state index in [1.807, 2.05) is 24.3 Å². The lowest BCUT2D eigenvalue weighted by atomic mass is 10.3. The molecule has 146 valence electrons. The van der Waals surface area contributed by atoms with Crippen LogP contribution in [0.25, 0.3) is 16.7 Å². The van der Waals surface area contributed by atoms with Crippen LogP contribution in [0.2, 0.25) is 5.15 Å². The van der Waals surface area contributed by atoms with Gasteiger partial charge in [-0.3, -0.25) is 4.79 Å². The molecule has 8 nitrogen and oxygen atoms in total. The molecule has 29 heavy (non-hydrogen) atoms. The molecule has 0 fully saturated rings. The van der Waals surface area contributed by atoms with Gasteiger partial charge in [-0.2, -0.15) is 10.2 Å². The number of hydrogen-bond donors (Lipinski definition) is 1. The smallest absolute Gasteiger partial charge is 0.261 e. The Morgan fingerprint density at radius 3 is 2.79 bits per heavy atom. The molecule has 1 amide bonds. The molecule has 0 aliphatic carbocycles. The molecule has 0 aliphatic heterocycles. The number of halogens is 2. The molecule has 0 spiro atoms. The van der Waals surface area contributed by atoms with Gasteiger partial charge in [-0.1, -0.05) is 28.9 Å². The van der Waals surface area contributed by atoms with Gasteiger partial charge in [0.05, 0.1) is 28.7 Å². The van der Waals surface area contributed by atoms with E-state index in [4.69, 9.17) is 11.6 Å². The number of hydrazone groups is 1. The Labute approximate surface area is 169 Å². The van der Waals surface area contributed by atoms with Crippen molar-refractivity contribution in [3.8, 4) is 5.69 Å². The zero-order valence-corrected chi connectivity index (χ0v) is 16.0. The van der Waals surface area contributed by atoms with Crippen LogP contribution in [-0.4, -0.2) is 36.9 Å². The predicted molar refractivity (Wildman–Crippen MR) is 107 cm³/mol. The lowest BCUT2D eigenvalue weighted by molar-refractivity contribution is -0.121. The van der Waals surface area contributed by atoms with Gasteiger partial charge in [0.25, 0.3) is 5.91 Å². The summed E-state index contributed by atoms with van der Waals surface area (Å²) in [5.41, 5.74) is 5.67. The fourth-order valence-corrected chi connectivity index (χ4v) is 3.11. The number of fused-ring (bicyclic) bond motifs is 1. The Hall–Kier alpha value is -3.59. The number of amides is 1. The molecule has 0 radical (unpaired) electrons. The van der Waals surface area contributed by atoms with Gasteiger partial charge in [0.2, 0.25) is 0 Å². The number of aryl methyl sites for hydroxylation is 1. The van der Waals surface area contributed by atoms with Crippen LogP contribution in [0.3, 0.4) is 0 Å². The molecule has 2 aromatic heterocycles. The monoisotopic (exact) mass is 411 g/mol. The fourth-order valence-electron chi connectivity index (χ4n) is 2.79. The highest BCUT2D eigenvalue weighted by Crippen LogP contribution is 2.22. The van der Waals surface area contributed by atoms with E-state index >= 15 is 0 Å². The second kappa shape index (κ2) is 7.80. The highest BCUT2D eigenvalue weighted by Gasteiger charge is 2.14. The molecule has 0 bridgehead atoms. The van der Waals surface area contributed by atoms with Crippen molar-refractivity contribution in [2.24, 2.45) is 5.10 Å². The third-order valence-corrected chi connectivity index (χ3v) is 4.58. The van der Waals surface area contributed by atoms with Crippen molar-refractivity contribution in [2.75, 3.05) is 0 Å². The molecule has 4 aromatic rings. The van der Waals surface area contributed by atoms with Gasteiger partial charge in [-0.25, -0.2) is 19.2 Å². The Morgan fingerprint density at radius 2 is 2.00 bits per heavy atom. The molecule has 0 saturated carbocycles. The number of nitrogens with zero attached hydrogens (tertiary/aromatic N) is 6. The minimum atomic E-state index is -0.364. The van der Waals surface area contributed by atoms with E-state index in [-0.39, 0.29) is 18.3 Å². The lowest BCUT2D eigenvalue weighted by Gasteiger charge is -2.02. The quantitative estimate of drug-likeness (QED) is 0.404. The Kier molecular flexibility index (Phi) is 5.05. The summed E-state index contributed by atoms with van der Waals surface area (Å²) < 4.78 is 16.1. The van der Waals surface area contributed by atoms with Crippen LogP contribution in [0, 0.1) is 12.7 Å². The SMILES string of the molecule is Cc1nn(-c2ccc(F)cc2)c(Cl)c1/C=N/NC(=O)Cn1nnc2ccccc21. The van der Waals surface area contributed by atoms with Gasteiger partial charge in [0, 0.05) is 0 Å². The summed E-state index contributed by atoms with van der Waals surface area (Å²) >= 11 is 6.38. The second-order valence-electron chi connectivity index (χ2n) is 6.21. The second-order valence-corrected chi connectivity index (χ2v) is 6.57. The maximum absolute atomic E-state index is 13.1. The van der Waals surface area contributed by atoms with E-state index in [1.165, 1.54) is 27.7 Å². The molecule has 0 unspecified atom stereocenters. The van der Waals surface area contributed by atoms with Crippen molar-refractivity contribution in [3.05, 3.63) is 70.8 Å². The van der Waals surface area contributed by atoms with E-state index in [9.17, 15) is 9.18 Å². The Balaban J connectivity index is 1.46. The third-order valence-electron chi connectivity index (χ3n) is 4.22. The first-order chi connectivity index (χ1) is 14.0. The van der Waals surface area contributed by atoms with Gasteiger partial charge < -0.3 is 0 Å². The van der Waals surface area contributed by atoms with Crippen LogP contribution in [-0.2, 0) is 11.3 Å². The number of rotatable bonds is 5. The first kappa shape index (κ1) is 18.8. The number of carbonyl (C=O) groups excluding carboxylic acids is 1. The van der Waals surface area contributed by atoms with Crippen LogP contribution in [0.1, 0.15) is 11.3 Å². The highest BCUT2D eigenvalue weighted by molar-refractivity contribution is 6.32. The lowest BCUT2D eigenvalue weighted by Crippen LogP contribution is -2.23. The normalized spacial score (nSPS) is 11.4. The van der Waals surface area contributed by atoms with Crippen molar-refractivity contribution in [3.63, 3.8) is 0 Å². The average Bonchev–Trinajstić information content (AvgIpc) is 3.24. The molecule has 2 aromatic carbocycles. The van der Waals surface area contributed by atoms with E-state index < -0.39 is 0 Å². The molecule has 10 heteroatoms. The minimum Gasteiger partial charge on any atom is -0.271 e. The van der Waals surface area contributed by atoms with Crippen molar-refractivity contribution in [1.29, 1.82) is 0 Å². The number of benzene rings is 2. The van der Waals surface area contributed by atoms with Crippen molar-refractivity contribution in [1.82, 2.24) is 30.2 Å². The van der Waals surface area contributed by atoms with E-state index in [0.717, 1.165) is 5.52 Å². The minimum absolute atomic E-state index is 0.0284. The maximum atomic E-state index is 13.1. The van der Waals surface area contributed by atoms with Crippen LogP contribution < -0.4 is 5.43 Å². The van der Waals surface area contributed by atoms with E-state index in [1.54, 1.807) is 19.1 Å². The predicted octanol–water partition coefficient (Wildman–Crippen LogP) is 2.87. The zero-order chi connectivity index (χ0) is 20.4. The molecule has 2 heterocycles. The summed E-state index contributed by atoms with van der Waals surface area (Å²) in [6, 6.07) is 13.1. The molecule has 1 N–H and O–H groups in total. The van der Waals surface area contributed by atoms with Crippen LogP contribution in [0.15, 0.2) is 53.6 Å². The summed E-state index contributed by atoms with van der Waals surface area (Å²) in [6.45, 7) is 1.73. The first-order valence-corrected chi connectivity index (χ1v) is 9.02. The molecule has 4 rings (SSSR count). The molecule has 0 aliphatic rings. The van der Waals surface area contributed by atoms with Crippen molar-refractivity contribution in [2.45, 2.75) is 13.5 Å². The van der Waals surface area contributed by atoms with Gasteiger partial charge >= 0.3 is 0 Å². The molecule has 0 saturated heterocycles. The maximum Gasteiger partial charge on any atom is 0.261 e. The Bertz CT molecular complexity index is 1210. The number of aromatic nitrogens is 5. The third kappa shape index (κ3) is 3.85. The number of hydrogen-bond acceptors (Lipinski definition) is 5. The number of nitrogens with one attached hydrogen (secondary N) is 1. The zero-order valence-electron chi connectivity index (χ0n) is 15.3. The van der Waals surface area contributed by atoms with E-state index in [2.05, 4.69) is 25.9 Å². The largest absolute Gasteiger partial charge is 0.271 e. The van der Waals surface area contributed by atoms with Crippen molar-refractivity contribution >= 4 is 34.8 Å². The number of carbonyl (C=O) groups is 1. The summed E-state index contributed by atoms with van der Waals surface area (Å²) in [5, 5.41) is 16.6. The highest BCUT2D eigenvalue weighted by atomic mass is 35.5. The summed E-state index contributed by atoms with van der Waals surface area (Å²) in [5.74, 6) is -0.713. The number of para-hydroxylation sites is 1. The molecular formula is C19H15ClFN7O. The molecule has 0 atom stereocenters. The average molecular weight is 412 g/mol. The van der Waals surface area contributed by atoms with Crippen LogP contribution >= 0.6 is 11.6 Å². The van der Waals surface area contributed by atoms with E-state index in [0.29, 0.717) is 27.6 Å². The molecular weight excluding hydrogens is 397 g/mol. The van der Waals surface area contributed by atoms with Crippen LogP contribution in [0.4, 0.5) is 4.39 Å². The Morgan fingerprint density at radius 1 is 1.24 bits per heavy atom. The summed E-state index contributed by atoms with van der Waals surface area (Å²) in [7, 11) is 0. The van der Waals surface area contributed by atoms with Gasteiger partial charge in [-0.15, -0.1) is 5.10 Å². The van der Waals surface area contributed by atoms with Gasteiger partial charge in [-0.05, 0) is 43.3 Å². The standard InChI is InChI=1S/C19H15ClFN7O/c1-12-15(19(20)28(25-12)14-8-6-13(21)7-9-14)10-22-24-18(29)11-27-17-5-3-2-4-16(17)23-26-27/h2-10H,11H2,1H3,(H,24,29)/b22-10+. The van der Waals surface area contributed by atoms with Crippen LogP contribution in [0.5, 0.6) is 0 Å². The summed E-state index contributed by atoms with van der Waals surface area (Å²) in [6.07, 6.45) is 1.42. The summed E-state index contributed by atoms with van der Waals surface area (Å²) in [4.78, 5) is 12.2. The van der Waals surface area contributed by atoms with Crippen molar-refractivity contribution < 1.29 is 9.18 Å². The van der Waals surface area contributed by atoms with Gasteiger partial charge in [0.1, 0.15) is 23.0 Å². The first-order valence-electron chi connectivity index (χ1n) is 8.64.